The first kappa shape index (κ1) is 28.0. The number of hydrogen-bond donors (Lipinski definition) is 3. The van der Waals surface area contributed by atoms with Gasteiger partial charge in [-0.2, -0.15) is 0 Å². The number of aryl methyl sites for hydroxylation is 2. The molecule has 0 saturated heterocycles. The Morgan fingerprint density at radius 3 is 2.30 bits per heavy atom. The summed E-state index contributed by atoms with van der Waals surface area (Å²) in [5, 5.41) is 20.4. The number of carboxylic acid groups (broad SMARTS) is 1. The van der Waals surface area contributed by atoms with Crippen LogP contribution in [0, 0.1) is 23.4 Å². The van der Waals surface area contributed by atoms with Crippen LogP contribution in [0.15, 0.2) is 42.5 Å². The van der Waals surface area contributed by atoms with E-state index in [1.54, 1.807) is 4.57 Å². The summed E-state index contributed by atoms with van der Waals surface area (Å²) in [6, 6.07) is 14.1. The number of carbonyl (C=O) groups is 1. The van der Waals surface area contributed by atoms with E-state index in [1.807, 2.05) is 30.3 Å². The number of anilines is 2. The van der Waals surface area contributed by atoms with Gasteiger partial charge in [-0.05, 0) is 86.9 Å². The number of aliphatic carboxylic acids is 1. The molecule has 0 aliphatic rings. The number of hydrogen-bond acceptors (Lipinski definition) is 6. The second-order valence-corrected chi connectivity index (χ2v) is 8.50. The van der Waals surface area contributed by atoms with Crippen molar-refractivity contribution in [3.63, 3.8) is 0 Å². The quantitative estimate of drug-likeness (QED) is 0.217. The fourth-order valence-electron chi connectivity index (χ4n) is 3.95. The van der Waals surface area contributed by atoms with Crippen LogP contribution in [0.2, 0.25) is 0 Å². The maximum Gasteiger partial charge on any atom is 1.00 e. The van der Waals surface area contributed by atoms with Crippen molar-refractivity contribution in [1.82, 2.24) is 14.8 Å². The van der Waals surface area contributed by atoms with Crippen LogP contribution in [0.25, 0.3) is 5.69 Å². The van der Waals surface area contributed by atoms with Gasteiger partial charge in [0.25, 0.3) is 0 Å². The van der Waals surface area contributed by atoms with Gasteiger partial charge in [-0.25, -0.2) is 0 Å². The topological polar surface area (TPSA) is 91.9 Å². The van der Waals surface area contributed by atoms with Crippen LogP contribution in [0.5, 0.6) is 0 Å². The number of aromatic amines is 2. The van der Waals surface area contributed by atoms with E-state index >= 15 is 0 Å². The van der Waals surface area contributed by atoms with Gasteiger partial charge in [0, 0.05) is 23.9 Å². The Hall–Kier alpha value is -1.27. The summed E-state index contributed by atoms with van der Waals surface area (Å²) in [6.07, 6.45) is 1.30. The summed E-state index contributed by atoms with van der Waals surface area (Å²) < 4.78 is 2.76. The van der Waals surface area contributed by atoms with Gasteiger partial charge in [-0.15, -0.1) is 0 Å². The molecule has 1 unspecified atom stereocenters. The predicted molar refractivity (Wildman–Crippen MR) is 131 cm³/mol. The van der Waals surface area contributed by atoms with E-state index in [2.05, 4.69) is 53.3 Å². The molecule has 33 heavy (non-hydrogen) atoms. The maximum atomic E-state index is 11.0. The van der Waals surface area contributed by atoms with Gasteiger partial charge < -0.3 is 20.1 Å². The van der Waals surface area contributed by atoms with Crippen LogP contribution in [-0.4, -0.2) is 33.4 Å². The molecule has 10 heteroatoms. The minimum Gasteiger partial charge on any atom is -0.550 e. The zero-order valence-corrected chi connectivity index (χ0v) is 24.2. The molecule has 0 bridgehead atoms. The van der Waals surface area contributed by atoms with E-state index in [4.69, 9.17) is 24.4 Å². The van der Waals surface area contributed by atoms with Crippen molar-refractivity contribution in [2.24, 2.45) is 0 Å². The third-order valence-corrected chi connectivity index (χ3v) is 5.96. The van der Waals surface area contributed by atoms with E-state index in [9.17, 15) is 9.90 Å². The van der Waals surface area contributed by atoms with Crippen LogP contribution in [0.1, 0.15) is 37.3 Å². The number of aromatic nitrogens is 3. The van der Waals surface area contributed by atoms with E-state index < -0.39 is 5.97 Å². The number of rotatable bonds is 10. The Balaban J connectivity index is 0.00000385. The fourth-order valence-corrected chi connectivity index (χ4v) is 4.50. The second-order valence-electron chi connectivity index (χ2n) is 7.72. The van der Waals surface area contributed by atoms with E-state index in [0.717, 1.165) is 34.6 Å². The van der Waals surface area contributed by atoms with Crippen molar-refractivity contribution in [1.29, 1.82) is 0 Å². The van der Waals surface area contributed by atoms with Gasteiger partial charge in [-0.1, -0.05) is 31.2 Å². The molecule has 1 atom stereocenters. The molecule has 0 radical (unpaired) electrons. The molecule has 0 spiro atoms. The summed E-state index contributed by atoms with van der Waals surface area (Å²) in [6.45, 7) is 6.87. The van der Waals surface area contributed by atoms with Gasteiger partial charge in [0.05, 0.1) is 11.9 Å². The summed E-state index contributed by atoms with van der Waals surface area (Å²) in [7, 11) is 0. The number of carboxylic acids is 1. The molecule has 0 fully saturated rings. The van der Waals surface area contributed by atoms with Crippen LogP contribution in [-0.2, 0) is 4.79 Å². The molecule has 1 heterocycles. The first-order valence-corrected chi connectivity index (χ1v) is 11.4. The monoisotopic (exact) mass is 509 g/mol. The standard InChI is InChI=1S/C23H29N5O2S2.K/c1-4-19(24-17-10-6-11-18(14-17)28-22(31)25-26-23(28)32)27(13-7-12-20(29)30)21-15(2)8-5-9-16(21)3;/h5-6,8-11,14,19,24H,4,7,12-13H2,1-3H3,(H,25,31)(H,26,32)(H,29,30);/q;+1/p-1. The Morgan fingerprint density at radius 2 is 1.73 bits per heavy atom. The van der Waals surface area contributed by atoms with Crippen LogP contribution in [0.4, 0.5) is 11.4 Å². The van der Waals surface area contributed by atoms with Crippen LogP contribution < -0.4 is 66.7 Å². The number of benzene rings is 2. The van der Waals surface area contributed by atoms with Gasteiger partial charge in [0.15, 0.2) is 9.54 Å². The van der Waals surface area contributed by atoms with Crippen LogP contribution >= 0.6 is 24.4 Å². The van der Waals surface area contributed by atoms with Crippen molar-refractivity contribution in [2.45, 2.75) is 46.2 Å². The van der Waals surface area contributed by atoms with Gasteiger partial charge in [0.2, 0.25) is 0 Å². The van der Waals surface area contributed by atoms with Crippen molar-refractivity contribution in [3.8, 4) is 5.69 Å². The molecule has 0 amide bonds. The molecule has 2 aromatic carbocycles. The molecular formula is C23H28KN5O2S2. The summed E-state index contributed by atoms with van der Waals surface area (Å²) in [4.78, 5) is 13.3. The zero-order valence-electron chi connectivity index (χ0n) is 19.5. The minimum absolute atomic E-state index is 0. The number of para-hydroxylation sites is 1. The van der Waals surface area contributed by atoms with E-state index in [0.29, 0.717) is 22.5 Å². The largest absolute Gasteiger partial charge is 1.00 e. The maximum absolute atomic E-state index is 11.0. The average Bonchev–Trinajstić information content (AvgIpc) is 3.09. The molecule has 3 aromatic rings. The minimum atomic E-state index is -1.03. The molecule has 170 valence electrons. The van der Waals surface area contributed by atoms with Crippen molar-refractivity contribution < 1.29 is 61.3 Å². The molecule has 0 saturated carbocycles. The van der Waals surface area contributed by atoms with Crippen molar-refractivity contribution in [3.05, 3.63) is 63.1 Å². The second kappa shape index (κ2) is 13.0. The van der Waals surface area contributed by atoms with E-state index in [1.165, 1.54) is 0 Å². The third kappa shape index (κ3) is 7.11. The van der Waals surface area contributed by atoms with Crippen LogP contribution in [0.3, 0.4) is 0 Å². The fraction of sp³-hybridized carbons (Fsp3) is 0.348. The van der Waals surface area contributed by atoms with Gasteiger partial charge >= 0.3 is 51.4 Å². The number of H-pyrrole nitrogens is 2. The Kier molecular flexibility index (Phi) is 11.0. The Morgan fingerprint density at radius 1 is 1.12 bits per heavy atom. The Labute approximate surface area is 247 Å². The van der Waals surface area contributed by atoms with Gasteiger partial charge in [-0.3, -0.25) is 14.8 Å². The van der Waals surface area contributed by atoms with E-state index in [-0.39, 0.29) is 64.0 Å². The normalized spacial score (nSPS) is 11.5. The third-order valence-electron chi connectivity index (χ3n) is 5.39. The first-order chi connectivity index (χ1) is 15.3. The number of carbonyl (C=O) groups excluding carboxylic acids is 1. The summed E-state index contributed by atoms with van der Waals surface area (Å²) in [5.74, 6) is -1.03. The van der Waals surface area contributed by atoms with Crippen molar-refractivity contribution in [2.75, 3.05) is 16.8 Å². The number of nitrogens with zero attached hydrogens (tertiary/aromatic N) is 2. The molecule has 0 aliphatic heterocycles. The summed E-state index contributed by atoms with van der Waals surface area (Å²) >= 11 is 10.7. The van der Waals surface area contributed by atoms with Crippen molar-refractivity contribution >= 4 is 41.8 Å². The Bertz CT molecular complexity index is 1160. The molecule has 7 nitrogen and oxygen atoms in total. The SMILES string of the molecule is CCC(Nc1cccc(-n2c(=S)[nH][nH]c2=S)c1)N(CCCC(=O)[O-])c1c(C)cccc1C.[K+]. The zero-order chi connectivity index (χ0) is 23.3. The molecular weight excluding hydrogens is 482 g/mol. The first-order valence-electron chi connectivity index (χ1n) is 10.6. The molecule has 3 rings (SSSR count). The summed E-state index contributed by atoms with van der Waals surface area (Å²) in [5.41, 5.74) is 5.20. The number of nitrogens with one attached hydrogen (secondary N) is 3. The average molecular weight is 510 g/mol. The molecule has 3 N–H and O–H groups in total. The van der Waals surface area contributed by atoms with Gasteiger partial charge in [0.1, 0.15) is 0 Å². The molecule has 0 aliphatic carbocycles. The molecule has 1 aromatic heterocycles. The predicted octanol–water partition coefficient (Wildman–Crippen LogP) is 1.40. The smallest absolute Gasteiger partial charge is 0.550 e.